The van der Waals surface area contributed by atoms with E-state index in [-0.39, 0.29) is 6.04 Å². The summed E-state index contributed by atoms with van der Waals surface area (Å²) in [5.41, 5.74) is 3.47. The van der Waals surface area contributed by atoms with E-state index < -0.39 is 0 Å². The number of benzene rings is 2. The van der Waals surface area contributed by atoms with E-state index in [2.05, 4.69) is 18.7 Å². The van der Waals surface area contributed by atoms with E-state index >= 15 is 0 Å². The van der Waals surface area contributed by atoms with Crippen LogP contribution < -0.4 is 14.4 Å². The van der Waals surface area contributed by atoms with Crippen LogP contribution in [-0.4, -0.2) is 18.8 Å². The van der Waals surface area contributed by atoms with Crippen molar-refractivity contribution >= 4 is 28.7 Å². The van der Waals surface area contributed by atoms with Crippen molar-refractivity contribution in [2.24, 2.45) is 4.99 Å². The van der Waals surface area contributed by atoms with Crippen molar-refractivity contribution in [3.05, 3.63) is 70.7 Å². The monoisotopic (exact) mass is 424 g/mol. The number of fused-ring (bicyclic) bond motifs is 4. The number of rotatable bonds is 0. The lowest BCUT2D eigenvalue weighted by Crippen LogP contribution is -2.44. The summed E-state index contributed by atoms with van der Waals surface area (Å²) in [6.07, 6.45) is 1.25. The van der Waals surface area contributed by atoms with Gasteiger partial charge >= 0.3 is 0 Å². The molecule has 158 valence electrons. The van der Waals surface area contributed by atoms with Gasteiger partial charge in [0, 0.05) is 12.6 Å². The van der Waals surface area contributed by atoms with Crippen LogP contribution in [0.3, 0.4) is 0 Å². The maximum atomic E-state index is 6.71. The van der Waals surface area contributed by atoms with Gasteiger partial charge in [-0.1, -0.05) is 70.0 Å². The zero-order valence-corrected chi connectivity index (χ0v) is 19.2. The third kappa shape index (κ3) is 3.72. The van der Waals surface area contributed by atoms with E-state index in [0.29, 0.717) is 22.3 Å². The molecular formula is C25H29ClN2O2. The number of para-hydroxylation sites is 4. The number of likely N-dealkylation sites (N-methyl/N-ethyl adjacent to an activating group) is 1. The molecule has 2 aromatic rings. The average Bonchev–Trinajstić information content (AvgIpc) is 2.78. The summed E-state index contributed by atoms with van der Waals surface area (Å²) in [6.45, 7) is 10.3. The van der Waals surface area contributed by atoms with Crippen LogP contribution >= 0.6 is 11.6 Å². The first kappa shape index (κ1) is 22.0. The molecule has 0 aromatic heterocycles. The molecule has 1 unspecified atom stereocenters. The highest BCUT2D eigenvalue weighted by Gasteiger charge is 2.41. The Kier molecular flexibility index (Phi) is 6.88. The average molecular weight is 425 g/mol. The minimum atomic E-state index is -0.110. The van der Waals surface area contributed by atoms with E-state index in [4.69, 9.17) is 26.1 Å². The molecule has 2 aliphatic heterocycles. The van der Waals surface area contributed by atoms with Crippen LogP contribution in [0, 0.1) is 0 Å². The zero-order valence-electron chi connectivity index (χ0n) is 18.5. The van der Waals surface area contributed by atoms with Crippen molar-refractivity contribution in [1.82, 2.24) is 0 Å². The maximum absolute atomic E-state index is 6.71. The topological polar surface area (TPSA) is 34.1 Å². The third-order valence-electron chi connectivity index (χ3n) is 4.82. The van der Waals surface area contributed by atoms with Gasteiger partial charge in [-0.2, -0.15) is 0 Å². The number of anilines is 1. The molecule has 30 heavy (non-hydrogen) atoms. The van der Waals surface area contributed by atoms with Crippen molar-refractivity contribution in [1.29, 1.82) is 0 Å². The number of hydrogen-bond donors (Lipinski definition) is 0. The molecule has 1 atom stereocenters. The van der Waals surface area contributed by atoms with Crippen LogP contribution in [0.4, 0.5) is 11.4 Å². The lowest BCUT2D eigenvalue weighted by molar-refractivity contribution is 0.358. The number of halogens is 1. The molecule has 0 bridgehead atoms. The maximum Gasteiger partial charge on any atom is 0.156 e. The van der Waals surface area contributed by atoms with Gasteiger partial charge in [-0.3, -0.25) is 0 Å². The Hall–Kier alpha value is -2.72. The fourth-order valence-electron chi connectivity index (χ4n) is 3.60. The minimum absolute atomic E-state index is 0.110. The summed E-state index contributed by atoms with van der Waals surface area (Å²) in [7, 11) is 2.04. The quantitative estimate of drug-likeness (QED) is 0.447. The molecule has 2 aromatic carbocycles. The molecule has 0 saturated carbocycles. The number of nitrogens with zero attached hydrogens (tertiary/aromatic N) is 2. The summed E-state index contributed by atoms with van der Waals surface area (Å²) in [6, 6.07) is 15.5. The normalized spacial score (nSPS) is 18.0. The van der Waals surface area contributed by atoms with Crippen LogP contribution in [0.15, 0.2) is 75.6 Å². The van der Waals surface area contributed by atoms with Gasteiger partial charge in [-0.15, -0.1) is 0 Å². The second kappa shape index (κ2) is 9.40. The van der Waals surface area contributed by atoms with Gasteiger partial charge < -0.3 is 14.4 Å². The first-order valence-electron chi connectivity index (χ1n) is 10.5. The van der Waals surface area contributed by atoms with E-state index in [0.717, 1.165) is 28.4 Å². The molecule has 4 nitrogen and oxygen atoms in total. The van der Waals surface area contributed by atoms with Gasteiger partial charge in [0.15, 0.2) is 17.3 Å². The smallest absolute Gasteiger partial charge is 0.156 e. The van der Waals surface area contributed by atoms with E-state index in [1.54, 1.807) is 0 Å². The highest BCUT2D eigenvalue weighted by molar-refractivity contribution is 6.47. The van der Waals surface area contributed by atoms with Crippen molar-refractivity contribution in [2.45, 2.75) is 47.1 Å². The lowest BCUT2D eigenvalue weighted by Gasteiger charge is -2.41. The predicted molar refractivity (Wildman–Crippen MR) is 126 cm³/mol. The van der Waals surface area contributed by atoms with Gasteiger partial charge in [0.2, 0.25) is 0 Å². The molecular weight excluding hydrogens is 396 g/mol. The summed E-state index contributed by atoms with van der Waals surface area (Å²) < 4.78 is 12.3. The van der Waals surface area contributed by atoms with Crippen molar-refractivity contribution in [2.75, 3.05) is 11.9 Å². The molecule has 5 rings (SSSR count). The molecule has 0 radical (unpaired) electrons. The Labute approximate surface area is 184 Å². The van der Waals surface area contributed by atoms with E-state index in [9.17, 15) is 0 Å². The zero-order chi connectivity index (χ0) is 21.8. The molecule has 5 heteroatoms. The van der Waals surface area contributed by atoms with Gasteiger partial charge in [-0.25, -0.2) is 4.99 Å². The SMILES string of the molecule is CC.CC1=C2Oc3ccccc3N=C2C(Cl)=C2Oc3ccccc3N(C)C12.CCC. The fraction of sp³-hybridized carbons (Fsp3) is 0.320. The van der Waals surface area contributed by atoms with Crippen LogP contribution in [0.25, 0.3) is 0 Å². The summed E-state index contributed by atoms with van der Waals surface area (Å²) >= 11 is 6.71. The first-order chi connectivity index (χ1) is 14.6. The summed E-state index contributed by atoms with van der Waals surface area (Å²) in [4.78, 5) is 6.88. The third-order valence-corrected chi connectivity index (χ3v) is 5.18. The number of hydrogen-bond acceptors (Lipinski definition) is 4. The minimum Gasteiger partial charge on any atom is -0.455 e. The first-order valence-corrected chi connectivity index (χ1v) is 10.9. The Morgan fingerprint density at radius 3 is 2.27 bits per heavy atom. The Morgan fingerprint density at radius 1 is 0.967 bits per heavy atom. The fourth-order valence-corrected chi connectivity index (χ4v) is 3.87. The molecule has 0 saturated heterocycles. The van der Waals surface area contributed by atoms with Gasteiger partial charge in [0.25, 0.3) is 0 Å². The van der Waals surface area contributed by atoms with Gasteiger partial charge in [0.05, 0.1) is 5.69 Å². The van der Waals surface area contributed by atoms with E-state index in [1.807, 2.05) is 76.3 Å². The predicted octanol–water partition coefficient (Wildman–Crippen LogP) is 7.23. The molecule has 0 amide bonds. The van der Waals surface area contributed by atoms with E-state index in [1.165, 1.54) is 6.42 Å². The Balaban J connectivity index is 0.000000473. The largest absolute Gasteiger partial charge is 0.455 e. The van der Waals surface area contributed by atoms with Crippen molar-refractivity contribution in [3.8, 4) is 11.5 Å². The highest BCUT2D eigenvalue weighted by Crippen LogP contribution is 2.46. The van der Waals surface area contributed by atoms with Crippen LogP contribution in [-0.2, 0) is 0 Å². The lowest BCUT2D eigenvalue weighted by atomic mass is 9.93. The van der Waals surface area contributed by atoms with Crippen molar-refractivity contribution in [3.63, 3.8) is 0 Å². The molecule has 3 aliphatic rings. The van der Waals surface area contributed by atoms with Crippen molar-refractivity contribution < 1.29 is 9.47 Å². The number of allylic oxidation sites excluding steroid dienone is 1. The number of aliphatic imine (C=N–C) groups is 1. The van der Waals surface area contributed by atoms with Crippen LogP contribution in [0.5, 0.6) is 11.5 Å². The molecule has 0 fully saturated rings. The summed E-state index contributed by atoms with van der Waals surface area (Å²) in [5.74, 6) is 2.95. The van der Waals surface area contributed by atoms with Crippen LogP contribution in [0.1, 0.15) is 41.0 Å². The second-order valence-corrected chi connectivity index (χ2v) is 7.39. The second-order valence-electron chi connectivity index (χ2n) is 7.01. The molecule has 1 aliphatic carbocycles. The standard InChI is InChI=1S/C20H15ClN2O2.C3H8.C2H6/c1-11-18-20(25-15-10-6-4-8-13(15)23(18)2)16(21)17-19(11)24-14-9-5-3-7-12(14)22-17;1-3-2;1-2/h3-10,18H,1-2H3;3H2,1-2H3;1-2H3. The molecule has 0 N–H and O–H groups in total. The van der Waals surface area contributed by atoms with Crippen LogP contribution in [0.2, 0.25) is 0 Å². The number of ether oxygens (including phenoxy) is 2. The Morgan fingerprint density at radius 2 is 1.57 bits per heavy atom. The van der Waals surface area contributed by atoms with Gasteiger partial charge in [0.1, 0.15) is 28.2 Å². The summed E-state index contributed by atoms with van der Waals surface area (Å²) in [5, 5.41) is 0.501. The van der Waals surface area contributed by atoms with Gasteiger partial charge in [-0.05, 0) is 31.2 Å². The Bertz CT molecular complexity index is 1020. The molecule has 2 heterocycles. The highest BCUT2D eigenvalue weighted by atomic mass is 35.5. The molecule has 0 spiro atoms.